The van der Waals surface area contributed by atoms with Crippen molar-refractivity contribution < 1.29 is 44.3 Å². The summed E-state index contributed by atoms with van der Waals surface area (Å²) >= 11 is 3.49. The summed E-state index contributed by atoms with van der Waals surface area (Å²) in [6.45, 7) is 4.69. The van der Waals surface area contributed by atoms with Crippen molar-refractivity contribution in [3.63, 3.8) is 0 Å². The van der Waals surface area contributed by atoms with Crippen LogP contribution in [0, 0.1) is 0 Å². The fourth-order valence-corrected chi connectivity index (χ4v) is 0.561. The molecule has 1 atom stereocenters. The van der Waals surface area contributed by atoms with Crippen molar-refractivity contribution in [2.45, 2.75) is 12.2 Å². The van der Waals surface area contributed by atoms with Crippen molar-refractivity contribution in [3.05, 3.63) is 12.2 Å². The summed E-state index contributed by atoms with van der Waals surface area (Å²) < 4.78 is 0. The second-order valence-electron chi connectivity index (χ2n) is 1.87. The predicted molar refractivity (Wildman–Crippen MR) is 37.6 cm³/mol. The Morgan fingerprint density at radius 2 is 1.91 bits per heavy atom. The average Bonchev–Trinajstić information content (AvgIpc) is 1.84. The number of hydrogen-bond acceptors (Lipinski definition) is 4. The van der Waals surface area contributed by atoms with Gasteiger partial charge in [0.2, 0.25) is 0 Å². The molecule has 0 amide bonds. The fraction of sp³-hybridized carbons (Fsp3) is 0.333. The van der Waals surface area contributed by atoms with Crippen molar-refractivity contribution in [3.8, 4) is 0 Å². The number of hydrogen-bond donors (Lipinski definition) is 1. The molecule has 0 radical (unpaired) electrons. The SMILES string of the molecule is C=C(C)C(=O)C(S)C(=O)[O-].[Na+]. The molecule has 0 aliphatic rings. The summed E-state index contributed by atoms with van der Waals surface area (Å²) in [5.41, 5.74) is 0.171. The minimum Gasteiger partial charge on any atom is -0.548 e. The maximum atomic E-state index is 10.7. The van der Waals surface area contributed by atoms with Gasteiger partial charge in [0.1, 0.15) is 5.25 Å². The Bertz CT molecular complexity index is 190. The van der Waals surface area contributed by atoms with Gasteiger partial charge < -0.3 is 9.90 Å². The molecule has 1 unspecified atom stereocenters. The fourth-order valence-electron chi connectivity index (χ4n) is 0.340. The molecule has 0 aliphatic heterocycles. The van der Waals surface area contributed by atoms with Gasteiger partial charge in [-0.05, 0) is 12.5 Å². The first-order valence-electron chi connectivity index (χ1n) is 2.55. The van der Waals surface area contributed by atoms with Crippen molar-refractivity contribution in [2.75, 3.05) is 0 Å². The molecule has 0 aromatic carbocycles. The van der Waals surface area contributed by atoms with Gasteiger partial charge in [-0.25, -0.2) is 0 Å². The van der Waals surface area contributed by atoms with Crippen LogP contribution >= 0.6 is 12.6 Å². The smallest absolute Gasteiger partial charge is 0.548 e. The van der Waals surface area contributed by atoms with E-state index in [-0.39, 0.29) is 35.1 Å². The zero-order valence-corrected chi connectivity index (χ0v) is 9.35. The van der Waals surface area contributed by atoms with Crippen LogP contribution in [0.5, 0.6) is 0 Å². The molecule has 0 saturated heterocycles. The van der Waals surface area contributed by atoms with Gasteiger partial charge in [0.05, 0.1) is 5.97 Å². The van der Waals surface area contributed by atoms with Gasteiger partial charge in [-0.2, -0.15) is 12.6 Å². The predicted octanol–water partition coefficient (Wildman–Crippen LogP) is -3.82. The molecule has 56 valence electrons. The van der Waals surface area contributed by atoms with Crippen LogP contribution in [0.15, 0.2) is 12.2 Å². The second kappa shape index (κ2) is 5.83. The van der Waals surface area contributed by atoms with Gasteiger partial charge in [-0.3, -0.25) is 4.79 Å². The zero-order valence-electron chi connectivity index (χ0n) is 6.46. The van der Waals surface area contributed by atoms with Gasteiger partial charge >= 0.3 is 29.6 Å². The van der Waals surface area contributed by atoms with E-state index in [0.29, 0.717) is 0 Å². The third-order valence-electron chi connectivity index (χ3n) is 0.892. The van der Waals surface area contributed by atoms with E-state index in [9.17, 15) is 14.7 Å². The van der Waals surface area contributed by atoms with E-state index in [1.54, 1.807) is 0 Å². The van der Waals surface area contributed by atoms with Crippen LogP contribution in [0.4, 0.5) is 0 Å². The molecule has 0 aromatic rings. The first kappa shape index (κ1) is 13.8. The van der Waals surface area contributed by atoms with E-state index in [4.69, 9.17) is 0 Å². The van der Waals surface area contributed by atoms with E-state index in [0.717, 1.165) is 0 Å². The average molecular weight is 182 g/mol. The van der Waals surface area contributed by atoms with Crippen LogP contribution in [0.2, 0.25) is 0 Å². The number of Topliss-reactive ketones (excluding diaryl/α,β-unsaturated/α-hetero) is 1. The Kier molecular flexibility index (Phi) is 7.31. The Labute approximate surface area is 92.6 Å². The summed E-state index contributed by atoms with van der Waals surface area (Å²) in [6.07, 6.45) is 0. The van der Waals surface area contributed by atoms with E-state index in [2.05, 4.69) is 19.2 Å². The summed E-state index contributed by atoms with van der Waals surface area (Å²) in [6, 6.07) is 0. The molecule has 0 N–H and O–H groups in total. The third-order valence-corrected chi connectivity index (χ3v) is 1.34. The van der Waals surface area contributed by atoms with Gasteiger partial charge in [0, 0.05) is 0 Å². The van der Waals surface area contributed by atoms with E-state index < -0.39 is 17.0 Å². The van der Waals surface area contributed by atoms with Crippen LogP contribution in [-0.4, -0.2) is 17.0 Å². The molecule has 0 fully saturated rings. The standard InChI is InChI=1S/C6H8O3S.Na/c1-3(2)4(7)5(10)6(8)9;/h5,10H,1H2,2H3,(H,8,9);/q;+1/p-1. The Morgan fingerprint density at radius 1 is 1.55 bits per heavy atom. The number of allylic oxidation sites excluding steroid dienone is 1. The van der Waals surface area contributed by atoms with Gasteiger partial charge in [-0.1, -0.05) is 6.58 Å². The van der Waals surface area contributed by atoms with Gasteiger partial charge in [0.15, 0.2) is 5.78 Å². The van der Waals surface area contributed by atoms with Crippen molar-refractivity contribution in [1.29, 1.82) is 0 Å². The summed E-state index contributed by atoms with van der Waals surface area (Å²) in [5, 5.41) is 8.62. The number of aliphatic carboxylic acids is 1. The van der Waals surface area contributed by atoms with Crippen LogP contribution in [-0.2, 0) is 9.59 Å². The monoisotopic (exact) mass is 182 g/mol. The maximum absolute atomic E-state index is 10.7. The minimum atomic E-state index is -1.49. The van der Waals surface area contributed by atoms with Gasteiger partial charge in [0.25, 0.3) is 0 Å². The van der Waals surface area contributed by atoms with Crippen molar-refractivity contribution >= 4 is 24.4 Å². The molecular weight excluding hydrogens is 175 g/mol. The van der Waals surface area contributed by atoms with Crippen LogP contribution in [0.25, 0.3) is 0 Å². The van der Waals surface area contributed by atoms with Crippen molar-refractivity contribution in [2.24, 2.45) is 0 Å². The molecule has 3 nitrogen and oxygen atoms in total. The molecule has 0 rings (SSSR count). The number of thiol groups is 1. The molecule has 0 aromatic heterocycles. The normalized spacial score (nSPS) is 11.1. The third kappa shape index (κ3) is 4.63. The quantitative estimate of drug-likeness (QED) is 0.211. The van der Waals surface area contributed by atoms with E-state index in [1.807, 2.05) is 0 Å². The van der Waals surface area contributed by atoms with Crippen molar-refractivity contribution in [1.82, 2.24) is 0 Å². The Hall–Kier alpha value is 0.230. The zero-order chi connectivity index (χ0) is 8.31. The molecule has 0 spiro atoms. The Balaban J connectivity index is 0. The van der Waals surface area contributed by atoms with Crippen LogP contribution < -0.4 is 34.7 Å². The number of carboxylic acid groups (broad SMARTS) is 1. The Morgan fingerprint density at radius 3 is 2.00 bits per heavy atom. The second-order valence-corrected chi connectivity index (χ2v) is 2.38. The van der Waals surface area contributed by atoms with E-state index in [1.165, 1.54) is 6.92 Å². The van der Waals surface area contributed by atoms with E-state index >= 15 is 0 Å². The number of carbonyl (C=O) groups is 2. The van der Waals surface area contributed by atoms with Gasteiger partial charge in [-0.15, -0.1) is 0 Å². The minimum absolute atomic E-state index is 0. The van der Waals surface area contributed by atoms with Crippen LogP contribution in [0.1, 0.15) is 6.92 Å². The molecule has 0 heterocycles. The first-order chi connectivity index (χ1) is 4.46. The number of rotatable bonds is 3. The molecule has 0 aliphatic carbocycles. The summed E-state index contributed by atoms with van der Waals surface area (Å²) in [7, 11) is 0. The maximum Gasteiger partial charge on any atom is 1.00 e. The largest absolute Gasteiger partial charge is 1.00 e. The number of ketones is 1. The summed E-state index contributed by atoms with van der Waals surface area (Å²) in [4.78, 5) is 20.7. The first-order valence-corrected chi connectivity index (χ1v) is 3.07. The summed E-state index contributed by atoms with van der Waals surface area (Å²) in [5.74, 6) is -2.10. The number of carboxylic acids is 1. The molecule has 0 saturated carbocycles. The van der Waals surface area contributed by atoms with Crippen LogP contribution in [0.3, 0.4) is 0 Å². The number of carbonyl (C=O) groups excluding carboxylic acids is 2. The molecule has 0 bridgehead atoms. The molecular formula is C6H7NaO3S. The molecule has 11 heavy (non-hydrogen) atoms. The topological polar surface area (TPSA) is 57.2 Å². The molecule has 5 heteroatoms.